The first-order valence-corrected chi connectivity index (χ1v) is 23.9. The lowest BCUT2D eigenvalue weighted by atomic mass is 9.95. The number of carbonyl (C=O) groups excluding carboxylic acids is 2. The molecule has 0 spiro atoms. The molecule has 3 heterocycles. The standard InChI is InChI=1S/C53H64N8O3.C2H2/c1-6-32-59(52(62)49(57(7-2)8-3)39-19-13-11-14-20-39)36-47-54-35-44(55-47)38-28-26-37(27-29-38)41-30-31-43-42(34-41)23-17-24-45-48(43)56-51(61(45)64)46-25-18-33-60(46)53(63)50(58(9-4)10-5)40-21-15-12-16-22-40;1-2/h11-16,19-22,26-31,34-35,46,49-50,64H,6-10,17-18,23-25,32-33,36H2,1-5H3,(H,54,55);1-2H/t46?,49-,50-;/m1./s1. The maximum Gasteiger partial charge on any atom is 0.245 e. The Morgan fingerprint density at radius 2 is 1.38 bits per heavy atom. The molecule has 1 aliphatic heterocycles. The van der Waals surface area contributed by atoms with Gasteiger partial charge in [-0.2, -0.15) is 4.73 Å². The van der Waals surface area contributed by atoms with E-state index in [2.05, 4.69) is 105 Å². The number of fused-ring (bicyclic) bond motifs is 3. The van der Waals surface area contributed by atoms with E-state index in [1.54, 1.807) is 0 Å². The second-order valence-electron chi connectivity index (χ2n) is 17.1. The van der Waals surface area contributed by atoms with E-state index in [4.69, 9.17) is 9.97 Å². The van der Waals surface area contributed by atoms with Gasteiger partial charge in [-0.3, -0.25) is 19.4 Å². The Balaban J connectivity index is 0.00000320. The van der Waals surface area contributed by atoms with Crippen LogP contribution in [0.5, 0.6) is 0 Å². The van der Waals surface area contributed by atoms with Crippen molar-refractivity contribution in [2.75, 3.05) is 39.3 Å². The van der Waals surface area contributed by atoms with Gasteiger partial charge in [-0.25, -0.2) is 9.97 Å². The summed E-state index contributed by atoms with van der Waals surface area (Å²) in [5, 5.41) is 11.8. The number of terminal acetylenes is 1. The number of hydrogen-bond acceptors (Lipinski definition) is 7. The van der Waals surface area contributed by atoms with E-state index < -0.39 is 6.04 Å². The highest BCUT2D eigenvalue weighted by Crippen LogP contribution is 2.40. The normalized spacial score (nSPS) is 15.3. The van der Waals surface area contributed by atoms with Gasteiger partial charge < -0.3 is 20.0 Å². The maximum absolute atomic E-state index is 14.5. The summed E-state index contributed by atoms with van der Waals surface area (Å²) in [6.45, 7) is 15.3. The van der Waals surface area contributed by atoms with Crippen molar-refractivity contribution in [1.82, 2.24) is 39.3 Å². The van der Waals surface area contributed by atoms with Crippen LogP contribution in [-0.4, -0.2) is 95.6 Å². The van der Waals surface area contributed by atoms with Crippen LogP contribution in [0, 0.1) is 12.8 Å². The molecule has 11 heteroatoms. The second-order valence-corrected chi connectivity index (χ2v) is 17.1. The maximum atomic E-state index is 14.5. The summed E-state index contributed by atoms with van der Waals surface area (Å²) >= 11 is 0. The fourth-order valence-electron chi connectivity index (χ4n) is 10.0. The quantitative estimate of drug-likeness (QED) is 0.0693. The third-order valence-corrected chi connectivity index (χ3v) is 13.4. The van der Waals surface area contributed by atoms with Gasteiger partial charge in [-0.05, 0) is 98.1 Å². The van der Waals surface area contributed by atoms with Crippen LogP contribution in [0.4, 0.5) is 0 Å². The van der Waals surface area contributed by atoms with Crippen LogP contribution in [0.2, 0.25) is 0 Å². The van der Waals surface area contributed by atoms with Gasteiger partial charge in [0.1, 0.15) is 17.9 Å². The van der Waals surface area contributed by atoms with E-state index in [1.807, 2.05) is 76.7 Å². The molecule has 4 aromatic carbocycles. The van der Waals surface area contributed by atoms with Crippen molar-refractivity contribution in [2.45, 2.75) is 97.8 Å². The van der Waals surface area contributed by atoms with Crippen molar-refractivity contribution < 1.29 is 14.8 Å². The number of rotatable bonds is 17. The molecule has 344 valence electrons. The van der Waals surface area contributed by atoms with Gasteiger partial charge in [0.05, 0.1) is 35.9 Å². The number of likely N-dealkylation sites (tertiary alicyclic amines) is 1. The third kappa shape index (κ3) is 9.86. The summed E-state index contributed by atoms with van der Waals surface area (Å²) in [5.41, 5.74) is 10.0. The highest BCUT2D eigenvalue weighted by molar-refractivity contribution is 5.84. The minimum atomic E-state index is -0.392. The first-order valence-electron chi connectivity index (χ1n) is 23.9. The number of carbonyl (C=O) groups is 2. The number of hydrogen-bond donors (Lipinski definition) is 2. The predicted octanol–water partition coefficient (Wildman–Crippen LogP) is 10.2. The van der Waals surface area contributed by atoms with E-state index in [-0.39, 0.29) is 23.9 Å². The van der Waals surface area contributed by atoms with Crippen LogP contribution in [0.15, 0.2) is 109 Å². The smallest absolute Gasteiger partial charge is 0.245 e. The lowest BCUT2D eigenvalue weighted by molar-refractivity contribution is -0.139. The second kappa shape index (κ2) is 22.1. The van der Waals surface area contributed by atoms with Gasteiger partial charge in [0.15, 0.2) is 5.82 Å². The topological polar surface area (TPSA) is 114 Å². The van der Waals surface area contributed by atoms with E-state index in [0.717, 1.165) is 115 Å². The molecule has 1 saturated heterocycles. The number of imidazole rings is 2. The molecule has 0 bridgehead atoms. The highest BCUT2D eigenvalue weighted by Gasteiger charge is 2.40. The number of aromatic nitrogens is 4. The monoisotopic (exact) mass is 887 g/mol. The van der Waals surface area contributed by atoms with Crippen LogP contribution in [-0.2, 0) is 29.0 Å². The number of nitrogens with one attached hydrogen (secondary N) is 1. The number of aromatic amines is 1. The van der Waals surface area contributed by atoms with Crippen molar-refractivity contribution in [2.24, 2.45) is 0 Å². The minimum absolute atomic E-state index is 0.0633. The number of likely N-dealkylation sites (N-methyl/N-ethyl adjacent to an activating group) is 2. The fraction of sp³-hybridized carbons (Fsp3) is 0.382. The minimum Gasteiger partial charge on any atom is -0.427 e. The van der Waals surface area contributed by atoms with Crippen molar-refractivity contribution in [3.8, 4) is 46.5 Å². The summed E-state index contributed by atoms with van der Waals surface area (Å²) in [7, 11) is 0. The van der Waals surface area contributed by atoms with Crippen LogP contribution in [0.3, 0.4) is 0 Å². The lowest BCUT2D eigenvalue weighted by Gasteiger charge is -2.34. The zero-order valence-corrected chi connectivity index (χ0v) is 39.4. The van der Waals surface area contributed by atoms with Crippen molar-refractivity contribution in [3.05, 3.63) is 143 Å². The zero-order valence-electron chi connectivity index (χ0n) is 39.4. The van der Waals surface area contributed by atoms with Gasteiger partial charge in [-0.1, -0.05) is 138 Å². The van der Waals surface area contributed by atoms with Crippen LogP contribution >= 0.6 is 0 Å². The zero-order chi connectivity index (χ0) is 46.7. The highest BCUT2D eigenvalue weighted by atomic mass is 16.5. The third-order valence-electron chi connectivity index (χ3n) is 13.4. The molecule has 6 aromatic rings. The van der Waals surface area contributed by atoms with Crippen molar-refractivity contribution in [3.63, 3.8) is 0 Å². The molecule has 2 N–H and O–H groups in total. The van der Waals surface area contributed by atoms with E-state index >= 15 is 0 Å². The summed E-state index contributed by atoms with van der Waals surface area (Å²) in [6.07, 6.45) is 14.8. The number of nitrogens with zero attached hydrogens (tertiary/aromatic N) is 7. The van der Waals surface area contributed by atoms with Gasteiger partial charge in [0.25, 0.3) is 0 Å². The van der Waals surface area contributed by atoms with Gasteiger partial charge in [-0.15, -0.1) is 12.8 Å². The molecular weight excluding hydrogens is 821 g/mol. The molecule has 2 amide bonds. The molecule has 8 rings (SSSR count). The van der Waals surface area contributed by atoms with E-state index in [1.165, 1.54) is 10.3 Å². The lowest BCUT2D eigenvalue weighted by Crippen LogP contribution is -2.43. The number of aryl methyl sites for hydroxylation is 1. The summed E-state index contributed by atoms with van der Waals surface area (Å²) in [6, 6.07) is 34.2. The largest absolute Gasteiger partial charge is 0.427 e. The molecule has 11 nitrogen and oxygen atoms in total. The molecule has 66 heavy (non-hydrogen) atoms. The molecule has 3 atom stereocenters. The van der Waals surface area contributed by atoms with Crippen molar-refractivity contribution >= 4 is 11.8 Å². The average molecular weight is 887 g/mol. The Morgan fingerprint density at radius 3 is 2.02 bits per heavy atom. The molecule has 0 saturated carbocycles. The molecular formula is C55H66N8O3. The van der Waals surface area contributed by atoms with Crippen LogP contribution in [0.25, 0.3) is 33.6 Å². The van der Waals surface area contributed by atoms with Crippen molar-refractivity contribution in [1.29, 1.82) is 0 Å². The van der Waals surface area contributed by atoms with Gasteiger partial charge in [0, 0.05) is 18.7 Å². The molecule has 2 aliphatic rings. The first kappa shape index (κ1) is 47.5. The van der Waals surface area contributed by atoms with E-state index in [9.17, 15) is 14.8 Å². The molecule has 1 fully saturated rings. The number of H-pyrrole nitrogens is 1. The Morgan fingerprint density at radius 1 is 0.773 bits per heavy atom. The number of amides is 2. The molecule has 2 aromatic heterocycles. The number of benzene rings is 4. The van der Waals surface area contributed by atoms with Gasteiger partial charge >= 0.3 is 0 Å². The molecule has 1 unspecified atom stereocenters. The SMILES string of the molecule is C#C.CCCN(Cc1ncc(-c2ccc(-c3ccc4c(c3)CCCc3c-4nc(C4CCCN4C(=O)[C@@H](c4ccccc4)N(CC)CC)n3O)cc2)[nH]1)C(=O)[C@@H](c1ccccc1)N(CC)CC. The predicted molar refractivity (Wildman–Crippen MR) is 263 cm³/mol. The molecule has 0 radical (unpaired) electrons. The van der Waals surface area contributed by atoms with Crippen LogP contribution in [0.1, 0.15) is 112 Å². The molecule has 1 aliphatic carbocycles. The Kier molecular flexibility index (Phi) is 15.9. The Labute approximate surface area is 391 Å². The Hall–Kier alpha value is -6.48. The average Bonchev–Trinajstić information content (AvgIpc) is 4.10. The van der Waals surface area contributed by atoms with E-state index in [0.29, 0.717) is 31.9 Å². The Bertz CT molecular complexity index is 2540. The summed E-state index contributed by atoms with van der Waals surface area (Å²) in [4.78, 5) is 50.5. The fourth-order valence-corrected chi connectivity index (χ4v) is 10.0. The van der Waals surface area contributed by atoms with Gasteiger partial charge in [0.2, 0.25) is 11.8 Å². The summed E-state index contributed by atoms with van der Waals surface area (Å²) < 4.78 is 1.30. The van der Waals surface area contributed by atoms with Crippen LogP contribution < -0.4 is 0 Å². The summed E-state index contributed by atoms with van der Waals surface area (Å²) in [5.74, 6) is 1.47. The first-order chi connectivity index (χ1) is 32.3.